The van der Waals surface area contributed by atoms with Gasteiger partial charge in [0.15, 0.2) is 0 Å². The number of rotatable bonds is 0. The van der Waals surface area contributed by atoms with E-state index in [-0.39, 0.29) is 0 Å². The zero-order valence-corrected chi connectivity index (χ0v) is 3.37. The van der Waals surface area contributed by atoms with Crippen LogP contribution in [0.5, 0.6) is 0 Å². The molecule has 0 saturated carbocycles. The van der Waals surface area contributed by atoms with Crippen molar-refractivity contribution in [2.75, 3.05) is 0 Å². The summed E-state index contributed by atoms with van der Waals surface area (Å²) in [6.07, 6.45) is 6.14. The first-order valence-corrected chi connectivity index (χ1v) is 1.57. The first-order valence-electron chi connectivity index (χ1n) is 1.13. The Kier molecular flexibility index (Phi) is 3.30. The Hall–Kier alpha value is -0.410. The Morgan fingerprint density at radius 1 is 1.80 bits per heavy atom. The van der Waals surface area contributed by atoms with E-state index in [9.17, 15) is 0 Å². The lowest BCUT2D eigenvalue weighted by Gasteiger charge is -1.49. The molecule has 0 heterocycles. The number of allylic oxidation sites excluding steroid dienone is 1. The summed E-state index contributed by atoms with van der Waals surface area (Å²) in [7, 11) is 0. The topological polar surface area (TPSA) is 0 Å². The summed E-state index contributed by atoms with van der Waals surface area (Å²) >= 11 is 4.98. The molecule has 0 unspecified atom stereocenters. The average molecular weight is 86.5 g/mol. The van der Waals surface area contributed by atoms with Crippen molar-refractivity contribution in [2.24, 2.45) is 0 Å². The predicted molar refractivity (Wildman–Crippen MR) is 23.8 cm³/mol. The molecule has 0 aromatic carbocycles. The van der Waals surface area contributed by atoms with Crippen molar-refractivity contribution in [3.63, 3.8) is 0 Å². The number of hydrogen-bond acceptors (Lipinski definition) is 0. The molecule has 0 spiro atoms. The van der Waals surface area contributed by atoms with Crippen molar-refractivity contribution < 1.29 is 0 Å². The molecule has 0 aromatic rings. The maximum absolute atomic E-state index is 4.98. The number of terminal acetylenes is 1. The molecule has 0 amide bonds. The van der Waals surface area contributed by atoms with Crippen molar-refractivity contribution in [1.82, 2.24) is 0 Å². The first-order chi connectivity index (χ1) is 2.41. The molecule has 0 N–H and O–H groups in total. The van der Waals surface area contributed by atoms with Crippen LogP contribution in [-0.4, -0.2) is 0 Å². The van der Waals surface area contributed by atoms with Crippen LogP contribution in [0.3, 0.4) is 0 Å². The summed E-state index contributed by atoms with van der Waals surface area (Å²) in [6, 6.07) is 0. The van der Waals surface area contributed by atoms with E-state index in [4.69, 9.17) is 18.0 Å². The van der Waals surface area contributed by atoms with Gasteiger partial charge in [-0.2, -0.15) is 0 Å². The van der Waals surface area contributed by atoms with E-state index >= 15 is 0 Å². The van der Waals surface area contributed by atoms with Crippen LogP contribution in [0, 0.1) is 12.3 Å². The third kappa shape index (κ3) is 3.59. The van der Waals surface area contributed by atoms with Gasteiger partial charge in [0.1, 0.15) is 0 Å². The molecule has 26 valence electrons. The van der Waals surface area contributed by atoms with Crippen molar-refractivity contribution >= 4 is 11.6 Å². The van der Waals surface area contributed by atoms with Gasteiger partial charge in [-0.25, -0.2) is 0 Å². The summed E-state index contributed by atoms with van der Waals surface area (Å²) < 4.78 is 0. The van der Waals surface area contributed by atoms with Gasteiger partial charge >= 0.3 is 0 Å². The molecule has 0 aromatic heterocycles. The molecule has 5 heavy (non-hydrogen) atoms. The fraction of sp³-hybridized carbons (Fsp3) is 0. The average Bonchev–Trinajstić information content (AvgIpc) is 1.41. The van der Waals surface area contributed by atoms with E-state index < -0.39 is 0 Å². The molecule has 0 rings (SSSR count). The highest BCUT2D eigenvalue weighted by molar-refractivity contribution is 6.25. The van der Waals surface area contributed by atoms with Gasteiger partial charge in [-0.3, -0.25) is 0 Å². The van der Waals surface area contributed by atoms with Crippen molar-refractivity contribution in [2.45, 2.75) is 0 Å². The van der Waals surface area contributed by atoms with Crippen molar-refractivity contribution in [3.05, 3.63) is 11.6 Å². The summed E-state index contributed by atoms with van der Waals surface area (Å²) in [6.45, 7) is 0. The van der Waals surface area contributed by atoms with Crippen LogP contribution in [0.1, 0.15) is 0 Å². The van der Waals surface area contributed by atoms with E-state index in [2.05, 4.69) is 5.92 Å². The fourth-order valence-electron chi connectivity index (χ4n) is 0.0364. The molecule has 0 atom stereocenters. The van der Waals surface area contributed by atoms with Gasteiger partial charge in [0.25, 0.3) is 0 Å². The summed E-state index contributed by atoms with van der Waals surface area (Å²) in [5.41, 5.74) is 1.29. The molecule has 0 bridgehead atoms. The lowest BCUT2D eigenvalue weighted by atomic mass is 10.7. The zero-order valence-electron chi connectivity index (χ0n) is 2.61. The van der Waals surface area contributed by atoms with Gasteiger partial charge in [-0.1, -0.05) is 17.5 Å². The second kappa shape index (κ2) is 3.59. The predicted octanol–water partition coefficient (Wildman–Crippen LogP) is 1.37. The third-order valence-corrected chi connectivity index (χ3v) is 0.285. The van der Waals surface area contributed by atoms with E-state index in [1.54, 1.807) is 0 Å². The quantitative estimate of drug-likeness (QED) is 0.391. The van der Waals surface area contributed by atoms with Crippen LogP contribution in [-0.2, 0) is 0 Å². The van der Waals surface area contributed by atoms with Gasteiger partial charge in [-0.15, -0.1) is 6.42 Å². The lowest BCUT2D eigenvalue weighted by molar-refractivity contribution is 2.28. The summed E-state index contributed by atoms with van der Waals surface area (Å²) in [4.78, 5) is 0. The minimum atomic E-state index is 1.29. The minimum Gasteiger partial charge on any atom is -0.115 e. The molecule has 0 nitrogen and oxygen atoms in total. The van der Waals surface area contributed by atoms with Crippen molar-refractivity contribution in [1.29, 1.82) is 0 Å². The van der Waals surface area contributed by atoms with Gasteiger partial charge in [0.2, 0.25) is 0 Å². The number of halogens is 1. The third-order valence-electron chi connectivity index (χ3n) is 0.159. The second-order valence-electron chi connectivity index (χ2n) is 0.459. The standard InChI is InChI=1S/C4H3Cl/c1-2-3-4-5/h1,3-4H/b4-3+. The zero-order chi connectivity index (χ0) is 4.12. The first kappa shape index (κ1) is 4.59. The lowest BCUT2D eigenvalue weighted by Crippen LogP contribution is -1.31. The minimum absolute atomic E-state index is 1.29. The largest absolute Gasteiger partial charge is 0.115 e. The summed E-state index contributed by atoms with van der Waals surface area (Å²) in [5, 5.41) is 0. The molecular weight excluding hydrogens is 83.5 g/mol. The monoisotopic (exact) mass is 86.0 g/mol. The normalized spacial score (nSPS) is 8.00. The molecule has 0 aliphatic rings. The van der Waals surface area contributed by atoms with E-state index in [0.29, 0.717) is 0 Å². The molecule has 0 aliphatic carbocycles. The van der Waals surface area contributed by atoms with E-state index in [1.165, 1.54) is 11.6 Å². The van der Waals surface area contributed by atoms with E-state index in [0.717, 1.165) is 0 Å². The van der Waals surface area contributed by atoms with Crippen LogP contribution >= 0.6 is 11.6 Å². The highest BCUT2D eigenvalue weighted by Crippen LogP contribution is 1.71. The summed E-state index contributed by atoms with van der Waals surface area (Å²) in [5.74, 6) is 2.20. The maximum atomic E-state index is 4.98. The molecule has 0 fully saturated rings. The Balaban J connectivity index is 3.04. The van der Waals surface area contributed by atoms with Crippen LogP contribution in [0.25, 0.3) is 0 Å². The molecule has 0 saturated heterocycles. The Morgan fingerprint density at radius 3 is 2.40 bits per heavy atom. The Bertz CT molecular complexity index is 66.2. The van der Waals surface area contributed by atoms with Gasteiger partial charge in [0, 0.05) is 5.54 Å². The molecule has 0 radical (unpaired) electrons. The molecule has 0 aliphatic heterocycles. The van der Waals surface area contributed by atoms with Gasteiger partial charge in [0.05, 0.1) is 0 Å². The van der Waals surface area contributed by atoms with Crippen LogP contribution in [0.4, 0.5) is 0 Å². The van der Waals surface area contributed by atoms with Crippen LogP contribution in [0.2, 0.25) is 0 Å². The highest BCUT2D eigenvalue weighted by atomic mass is 35.5. The Labute approximate surface area is 36.4 Å². The van der Waals surface area contributed by atoms with Gasteiger partial charge in [-0.05, 0) is 6.08 Å². The maximum Gasteiger partial charge on any atom is 0.0126 e. The SMILES string of the molecule is C#C/C=C/Cl. The smallest absolute Gasteiger partial charge is 0.0126 e. The number of hydrogen-bond donors (Lipinski definition) is 0. The van der Waals surface area contributed by atoms with Crippen LogP contribution in [0.15, 0.2) is 11.6 Å². The molecular formula is C4H3Cl. The van der Waals surface area contributed by atoms with Crippen LogP contribution < -0.4 is 0 Å². The van der Waals surface area contributed by atoms with Crippen molar-refractivity contribution in [3.8, 4) is 12.3 Å². The van der Waals surface area contributed by atoms with E-state index in [1.807, 2.05) is 0 Å². The Morgan fingerprint density at radius 2 is 2.40 bits per heavy atom. The second-order valence-corrected chi connectivity index (χ2v) is 0.711. The fourth-order valence-corrected chi connectivity index (χ4v) is 0.109. The van der Waals surface area contributed by atoms with Gasteiger partial charge < -0.3 is 0 Å². The highest BCUT2D eigenvalue weighted by Gasteiger charge is 1.43. The molecule has 1 heteroatoms.